The number of para-hydroxylation sites is 1. The predicted octanol–water partition coefficient (Wildman–Crippen LogP) is 2.68. The maximum absolute atomic E-state index is 12.5. The van der Waals surface area contributed by atoms with Crippen molar-refractivity contribution in [2.45, 2.75) is 19.6 Å². The summed E-state index contributed by atoms with van der Waals surface area (Å²) < 4.78 is 11.6. The number of hydrogen-bond donors (Lipinski definition) is 1. The summed E-state index contributed by atoms with van der Waals surface area (Å²) in [7, 11) is 0. The molecular weight excluding hydrogens is 364 g/mol. The van der Waals surface area contributed by atoms with Gasteiger partial charge in [0.25, 0.3) is 0 Å². The number of piperazine rings is 1. The Morgan fingerprint density at radius 1 is 1.03 bits per heavy atom. The highest BCUT2D eigenvalue weighted by molar-refractivity contribution is 5.46. The fourth-order valence-electron chi connectivity index (χ4n) is 3.74. The van der Waals surface area contributed by atoms with Gasteiger partial charge in [-0.25, -0.2) is 0 Å². The lowest BCUT2D eigenvalue weighted by Gasteiger charge is -2.33. The van der Waals surface area contributed by atoms with Gasteiger partial charge in [0.05, 0.1) is 26.2 Å². The van der Waals surface area contributed by atoms with E-state index in [4.69, 9.17) is 9.15 Å². The van der Waals surface area contributed by atoms with Crippen LogP contribution in [0.1, 0.15) is 24.4 Å². The number of rotatable bonds is 6. The summed E-state index contributed by atoms with van der Waals surface area (Å²) in [5, 5.41) is 0. The number of hydrogen-bond acceptors (Lipinski definition) is 4. The summed E-state index contributed by atoms with van der Waals surface area (Å²) in [6.07, 6.45) is 1.25. The van der Waals surface area contributed by atoms with Gasteiger partial charge in [-0.1, -0.05) is 48.5 Å². The van der Waals surface area contributed by atoms with E-state index in [1.54, 1.807) is 6.07 Å². The first-order chi connectivity index (χ1) is 14.2. The van der Waals surface area contributed by atoms with Gasteiger partial charge in [0.15, 0.2) is 5.76 Å². The molecule has 0 bridgehead atoms. The van der Waals surface area contributed by atoms with Gasteiger partial charge in [-0.3, -0.25) is 4.79 Å². The van der Waals surface area contributed by atoms with Crippen molar-refractivity contribution in [1.29, 1.82) is 0 Å². The smallest absolute Gasteiger partial charge is 0.227 e. The molecule has 1 aliphatic heterocycles. The molecule has 1 saturated heterocycles. The van der Waals surface area contributed by atoms with Crippen LogP contribution >= 0.6 is 0 Å². The standard InChI is InChI=1S/C24H26N2O3/c1-19(20-8-4-2-5-9-20)29-24-18-28-22(16-23(24)27)17-25-12-14-26(15-13-25)21-10-6-3-7-11-21/h2-11,16,18-19H,12-15,17H2,1H3/p+1/t19-/m1/s1. The normalized spacial score (nSPS) is 15.8. The SMILES string of the molecule is C[C@@H](Oc1coc(C[NH+]2CCN(c3ccccc3)CC2)cc1=O)c1ccccc1. The number of nitrogens with one attached hydrogen (secondary N) is 1. The van der Waals surface area contributed by atoms with E-state index >= 15 is 0 Å². The van der Waals surface area contributed by atoms with E-state index in [0.29, 0.717) is 12.3 Å². The minimum absolute atomic E-state index is 0.128. The topological polar surface area (TPSA) is 47.1 Å². The van der Waals surface area contributed by atoms with Crippen LogP contribution in [0.5, 0.6) is 5.75 Å². The highest BCUT2D eigenvalue weighted by atomic mass is 16.5. The van der Waals surface area contributed by atoms with E-state index in [1.165, 1.54) is 16.9 Å². The summed E-state index contributed by atoms with van der Waals surface area (Å²) in [6.45, 7) is 6.67. The molecule has 3 aromatic rings. The molecule has 0 radical (unpaired) electrons. The molecule has 1 fully saturated rings. The molecule has 150 valence electrons. The molecule has 2 aromatic carbocycles. The molecule has 0 unspecified atom stereocenters. The van der Waals surface area contributed by atoms with Gasteiger partial charge in [-0.2, -0.15) is 0 Å². The Hall–Kier alpha value is -3.05. The van der Waals surface area contributed by atoms with Crippen molar-refractivity contribution in [3.8, 4) is 5.75 Å². The lowest BCUT2D eigenvalue weighted by molar-refractivity contribution is -0.915. The molecule has 0 aliphatic carbocycles. The van der Waals surface area contributed by atoms with Crippen molar-refractivity contribution in [2.24, 2.45) is 0 Å². The van der Waals surface area contributed by atoms with Crippen molar-refractivity contribution in [2.75, 3.05) is 31.1 Å². The first-order valence-electron chi connectivity index (χ1n) is 10.2. The van der Waals surface area contributed by atoms with Gasteiger partial charge in [-0.15, -0.1) is 0 Å². The third kappa shape index (κ3) is 4.87. The first kappa shape index (κ1) is 19.3. The monoisotopic (exact) mass is 391 g/mol. The second-order valence-electron chi connectivity index (χ2n) is 7.49. The molecule has 1 aliphatic rings. The van der Waals surface area contributed by atoms with Crippen molar-refractivity contribution in [3.63, 3.8) is 0 Å². The van der Waals surface area contributed by atoms with Gasteiger partial charge in [0, 0.05) is 11.8 Å². The predicted molar refractivity (Wildman–Crippen MR) is 114 cm³/mol. The quantitative estimate of drug-likeness (QED) is 0.702. The van der Waals surface area contributed by atoms with Crippen molar-refractivity contribution >= 4 is 5.69 Å². The molecule has 1 atom stereocenters. The van der Waals surface area contributed by atoms with Crippen LogP contribution in [0.25, 0.3) is 0 Å². The molecule has 2 heterocycles. The Kier molecular flexibility index (Phi) is 5.96. The average Bonchev–Trinajstić information content (AvgIpc) is 2.77. The zero-order chi connectivity index (χ0) is 20.1. The van der Waals surface area contributed by atoms with E-state index < -0.39 is 0 Å². The zero-order valence-electron chi connectivity index (χ0n) is 16.7. The van der Waals surface area contributed by atoms with Gasteiger partial charge in [0.2, 0.25) is 11.2 Å². The second-order valence-corrected chi connectivity index (χ2v) is 7.49. The third-order valence-electron chi connectivity index (χ3n) is 5.44. The molecule has 5 nitrogen and oxygen atoms in total. The summed E-state index contributed by atoms with van der Waals surface area (Å²) in [6, 6.07) is 21.9. The molecule has 0 spiro atoms. The molecule has 4 rings (SSSR count). The van der Waals surface area contributed by atoms with Crippen molar-refractivity contribution in [1.82, 2.24) is 0 Å². The van der Waals surface area contributed by atoms with Gasteiger partial charge >= 0.3 is 0 Å². The molecule has 0 amide bonds. The second kappa shape index (κ2) is 8.97. The fourth-order valence-corrected chi connectivity index (χ4v) is 3.74. The maximum Gasteiger partial charge on any atom is 0.227 e. The number of anilines is 1. The van der Waals surface area contributed by atoms with Gasteiger partial charge < -0.3 is 19.0 Å². The summed E-state index contributed by atoms with van der Waals surface area (Å²) >= 11 is 0. The van der Waals surface area contributed by atoms with Crippen LogP contribution in [-0.2, 0) is 6.54 Å². The molecule has 1 N–H and O–H groups in total. The Morgan fingerprint density at radius 2 is 1.69 bits per heavy atom. The summed E-state index contributed by atoms with van der Waals surface area (Å²) in [5.74, 6) is 0.965. The maximum atomic E-state index is 12.5. The average molecular weight is 391 g/mol. The highest BCUT2D eigenvalue weighted by Crippen LogP contribution is 2.19. The molecule has 0 saturated carbocycles. The van der Waals surface area contributed by atoms with Crippen molar-refractivity contribution < 1.29 is 14.1 Å². The van der Waals surface area contributed by atoms with Crippen molar-refractivity contribution in [3.05, 3.63) is 94.5 Å². The van der Waals surface area contributed by atoms with Crippen LogP contribution in [-0.4, -0.2) is 26.2 Å². The van der Waals surface area contributed by atoms with E-state index in [0.717, 1.165) is 31.7 Å². The van der Waals surface area contributed by atoms with Crippen LogP contribution in [0.3, 0.4) is 0 Å². The van der Waals surface area contributed by atoms with Gasteiger partial charge in [-0.05, 0) is 24.6 Å². The lowest BCUT2D eigenvalue weighted by Crippen LogP contribution is -3.13. The largest absolute Gasteiger partial charge is 0.479 e. The number of quaternary nitrogens is 1. The van der Waals surface area contributed by atoms with Gasteiger partial charge in [0.1, 0.15) is 18.9 Å². The van der Waals surface area contributed by atoms with Crippen LogP contribution in [0.15, 0.2) is 82.2 Å². The Morgan fingerprint density at radius 3 is 2.34 bits per heavy atom. The first-order valence-corrected chi connectivity index (χ1v) is 10.2. The molecule has 29 heavy (non-hydrogen) atoms. The zero-order valence-corrected chi connectivity index (χ0v) is 16.7. The number of ether oxygens (including phenoxy) is 1. The Bertz CT molecular complexity index is 964. The third-order valence-corrected chi connectivity index (χ3v) is 5.44. The van der Waals surface area contributed by atoms with Crippen LogP contribution in [0.2, 0.25) is 0 Å². The van der Waals surface area contributed by atoms with E-state index in [2.05, 4.69) is 29.2 Å². The molecular formula is C24H27N2O3+. The van der Waals surface area contributed by atoms with E-state index in [9.17, 15) is 4.79 Å². The number of nitrogens with zero attached hydrogens (tertiary/aromatic N) is 1. The van der Waals surface area contributed by atoms with Crippen LogP contribution in [0, 0.1) is 0 Å². The Balaban J connectivity index is 1.33. The van der Waals surface area contributed by atoms with Crippen LogP contribution < -0.4 is 20.0 Å². The van der Waals surface area contributed by atoms with Crippen LogP contribution in [0.4, 0.5) is 5.69 Å². The highest BCUT2D eigenvalue weighted by Gasteiger charge is 2.21. The lowest BCUT2D eigenvalue weighted by atomic mass is 10.1. The fraction of sp³-hybridized carbons (Fsp3) is 0.292. The molecule has 5 heteroatoms. The summed E-state index contributed by atoms with van der Waals surface area (Å²) in [4.78, 5) is 16.3. The van der Waals surface area contributed by atoms with E-state index in [-0.39, 0.29) is 17.3 Å². The minimum atomic E-state index is -0.207. The Labute approximate surface area is 171 Å². The summed E-state index contributed by atoms with van der Waals surface area (Å²) in [5.41, 5.74) is 2.17. The molecule has 1 aromatic heterocycles. The minimum Gasteiger partial charge on any atom is -0.479 e. The van der Waals surface area contributed by atoms with E-state index in [1.807, 2.05) is 43.3 Å². The number of benzene rings is 2.